The monoisotopic (exact) mass is 297 g/mol. The largest absolute Gasteiger partial charge is 0.464 e. The molecule has 0 aliphatic carbocycles. The van der Waals surface area contributed by atoms with Gasteiger partial charge >= 0.3 is 12.1 Å². The Labute approximate surface area is 117 Å². The lowest BCUT2D eigenvalue weighted by Gasteiger charge is -2.09. The Kier molecular flexibility index (Phi) is 3.79. The maximum absolute atomic E-state index is 12.5. The quantitative estimate of drug-likeness (QED) is 0.862. The molecule has 1 heterocycles. The van der Waals surface area contributed by atoms with E-state index < -0.39 is 17.7 Å². The zero-order chi connectivity index (χ0) is 15.6. The van der Waals surface area contributed by atoms with Gasteiger partial charge in [0, 0.05) is 5.56 Å². The van der Waals surface area contributed by atoms with E-state index in [2.05, 4.69) is 14.7 Å². The average Bonchev–Trinajstić information content (AvgIpc) is 2.46. The van der Waals surface area contributed by atoms with Crippen LogP contribution in [0.25, 0.3) is 11.3 Å². The van der Waals surface area contributed by atoms with Crippen molar-refractivity contribution in [2.24, 2.45) is 0 Å². The first-order valence-electron chi connectivity index (χ1n) is 5.71. The lowest BCUT2D eigenvalue weighted by Crippen LogP contribution is -2.08. The Balaban J connectivity index is 2.44. The summed E-state index contributed by atoms with van der Waals surface area (Å²) in [5.74, 6) is -0.710. The Morgan fingerprint density at radius 2 is 1.86 bits per heavy atom. The van der Waals surface area contributed by atoms with Crippen molar-refractivity contribution in [1.29, 1.82) is 0 Å². The fraction of sp³-hybridized carbons (Fsp3) is 0.154. The van der Waals surface area contributed by atoms with Crippen molar-refractivity contribution in [3.05, 3.63) is 41.7 Å². The highest BCUT2D eigenvalue weighted by molar-refractivity contribution is 5.88. The van der Waals surface area contributed by atoms with Crippen molar-refractivity contribution in [3.8, 4) is 11.3 Å². The highest BCUT2D eigenvalue weighted by Crippen LogP contribution is 2.31. The molecular formula is C13H10F3N3O2. The standard InChI is InChI=1S/C13H10F3N3O2/c1-21-12(20)9-6-18-11(17)10(19-9)7-2-4-8(5-3-7)13(14,15)16/h2-6H,1H3,(H2,17,18). The molecule has 21 heavy (non-hydrogen) atoms. The fourth-order valence-electron chi connectivity index (χ4n) is 1.63. The molecule has 5 nitrogen and oxygen atoms in total. The van der Waals surface area contributed by atoms with E-state index >= 15 is 0 Å². The molecule has 0 bridgehead atoms. The van der Waals surface area contributed by atoms with Gasteiger partial charge in [0.2, 0.25) is 0 Å². The van der Waals surface area contributed by atoms with E-state index in [-0.39, 0.29) is 17.2 Å². The first-order chi connectivity index (χ1) is 9.82. The number of nitrogens with two attached hydrogens (primary N) is 1. The van der Waals surface area contributed by atoms with Gasteiger partial charge in [0.25, 0.3) is 0 Å². The first kappa shape index (κ1) is 14.8. The summed E-state index contributed by atoms with van der Waals surface area (Å²) in [5, 5.41) is 0. The van der Waals surface area contributed by atoms with E-state index in [1.807, 2.05) is 0 Å². The van der Waals surface area contributed by atoms with Gasteiger partial charge in [-0.2, -0.15) is 13.2 Å². The molecule has 2 rings (SSSR count). The molecule has 1 aromatic carbocycles. The Bertz CT molecular complexity index is 669. The number of hydrogen-bond donors (Lipinski definition) is 1. The molecule has 0 unspecified atom stereocenters. The zero-order valence-electron chi connectivity index (χ0n) is 10.8. The van der Waals surface area contributed by atoms with Gasteiger partial charge in [-0.3, -0.25) is 0 Å². The van der Waals surface area contributed by atoms with Gasteiger partial charge in [0.15, 0.2) is 5.69 Å². The maximum Gasteiger partial charge on any atom is 0.416 e. The molecule has 110 valence electrons. The smallest absolute Gasteiger partial charge is 0.416 e. The summed E-state index contributed by atoms with van der Waals surface area (Å²) in [6, 6.07) is 4.23. The van der Waals surface area contributed by atoms with E-state index in [1.165, 1.54) is 19.2 Å². The zero-order valence-corrected chi connectivity index (χ0v) is 10.8. The molecule has 0 atom stereocenters. The minimum atomic E-state index is -4.43. The number of alkyl halides is 3. The minimum absolute atomic E-state index is 0.00223. The number of ether oxygens (including phenoxy) is 1. The van der Waals surface area contributed by atoms with Crippen molar-refractivity contribution < 1.29 is 22.7 Å². The predicted molar refractivity (Wildman–Crippen MR) is 68.2 cm³/mol. The van der Waals surface area contributed by atoms with Gasteiger partial charge < -0.3 is 10.5 Å². The molecule has 1 aromatic heterocycles. The molecule has 2 aromatic rings. The van der Waals surface area contributed by atoms with Gasteiger partial charge in [-0.05, 0) is 12.1 Å². The SMILES string of the molecule is COC(=O)c1cnc(N)c(-c2ccc(C(F)(F)F)cc2)n1. The van der Waals surface area contributed by atoms with E-state index in [1.54, 1.807) is 0 Å². The Hall–Kier alpha value is -2.64. The number of aromatic nitrogens is 2. The number of carbonyl (C=O) groups is 1. The van der Waals surface area contributed by atoms with Crippen LogP contribution >= 0.6 is 0 Å². The maximum atomic E-state index is 12.5. The number of rotatable bonds is 2. The Morgan fingerprint density at radius 3 is 2.38 bits per heavy atom. The van der Waals surface area contributed by atoms with Crippen LogP contribution in [0.3, 0.4) is 0 Å². The summed E-state index contributed by atoms with van der Waals surface area (Å²) in [4.78, 5) is 19.1. The van der Waals surface area contributed by atoms with E-state index in [9.17, 15) is 18.0 Å². The summed E-state index contributed by atoms with van der Waals surface area (Å²) in [7, 11) is 1.18. The van der Waals surface area contributed by atoms with Gasteiger partial charge in [0.05, 0.1) is 18.9 Å². The van der Waals surface area contributed by atoms with Crippen LogP contribution in [-0.2, 0) is 10.9 Å². The third kappa shape index (κ3) is 3.10. The number of carbonyl (C=O) groups excluding carboxylic acids is 1. The molecule has 2 N–H and O–H groups in total. The second-order valence-corrected chi connectivity index (χ2v) is 4.06. The second kappa shape index (κ2) is 5.39. The summed E-state index contributed by atoms with van der Waals surface area (Å²) < 4.78 is 42.0. The van der Waals surface area contributed by atoms with Crippen LogP contribution in [0.15, 0.2) is 30.5 Å². The minimum Gasteiger partial charge on any atom is -0.464 e. The lowest BCUT2D eigenvalue weighted by atomic mass is 10.1. The molecule has 0 aliphatic heterocycles. The van der Waals surface area contributed by atoms with Crippen LogP contribution in [-0.4, -0.2) is 23.0 Å². The van der Waals surface area contributed by atoms with Crippen LogP contribution in [0.4, 0.5) is 19.0 Å². The van der Waals surface area contributed by atoms with Crippen LogP contribution in [0.5, 0.6) is 0 Å². The van der Waals surface area contributed by atoms with Gasteiger partial charge in [-0.1, -0.05) is 12.1 Å². The van der Waals surface area contributed by atoms with Gasteiger partial charge in [0.1, 0.15) is 11.5 Å². The lowest BCUT2D eigenvalue weighted by molar-refractivity contribution is -0.137. The van der Waals surface area contributed by atoms with Crippen LogP contribution in [0.1, 0.15) is 16.1 Å². The molecule has 0 amide bonds. The molecule has 0 radical (unpaired) electrons. The van der Waals surface area contributed by atoms with Crippen molar-refractivity contribution in [2.45, 2.75) is 6.18 Å². The highest BCUT2D eigenvalue weighted by Gasteiger charge is 2.30. The Morgan fingerprint density at radius 1 is 1.24 bits per heavy atom. The number of anilines is 1. The van der Waals surface area contributed by atoms with Crippen molar-refractivity contribution >= 4 is 11.8 Å². The number of hydrogen-bond acceptors (Lipinski definition) is 5. The second-order valence-electron chi connectivity index (χ2n) is 4.06. The topological polar surface area (TPSA) is 78.1 Å². The molecular weight excluding hydrogens is 287 g/mol. The van der Waals surface area contributed by atoms with Crippen molar-refractivity contribution in [2.75, 3.05) is 12.8 Å². The fourth-order valence-corrected chi connectivity index (χ4v) is 1.63. The predicted octanol–water partition coefficient (Wildman–Crippen LogP) is 2.53. The number of methoxy groups -OCH3 is 1. The summed E-state index contributed by atoms with van der Waals surface area (Å²) in [6.45, 7) is 0. The highest BCUT2D eigenvalue weighted by atomic mass is 19.4. The van der Waals surface area contributed by atoms with E-state index in [0.717, 1.165) is 18.3 Å². The van der Waals surface area contributed by atoms with Crippen molar-refractivity contribution in [1.82, 2.24) is 9.97 Å². The summed E-state index contributed by atoms with van der Waals surface area (Å²) in [5.41, 5.74) is 5.20. The number of halogens is 3. The van der Waals surface area contributed by atoms with Gasteiger partial charge in [-0.25, -0.2) is 14.8 Å². The molecule has 0 fully saturated rings. The number of nitrogen functional groups attached to an aromatic ring is 1. The third-order valence-electron chi connectivity index (χ3n) is 2.68. The van der Waals surface area contributed by atoms with Crippen molar-refractivity contribution in [3.63, 3.8) is 0 Å². The van der Waals surface area contributed by atoms with E-state index in [0.29, 0.717) is 5.56 Å². The molecule has 0 spiro atoms. The molecule has 0 saturated carbocycles. The summed E-state index contributed by atoms with van der Waals surface area (Å²) in [6.07, 6.45) is -3.29. The first-order valence-corrected chi connectivity index (χ1v) is 5.71. The van der Waals surface area contributed by atoms with Crippen LogP contribution in [0.2, 0.25) is 0 Å². The third-order valence-corrected chi connectivity index (χ3v) is 2.68. The normalized spacial score (nSPS) is 11.2. The number of esters is 1. The number of benzene rings is 1. The van der Waals surface area contributed by atoms with Crippen LogP contribution in [0, 0.1) is 0 Å². The molecule has 8 heteroatoms. The molecule has 0 aliphatic rings. The van der Waals surface area contributed by atoms with E-state index in [4.69, 9.17) is 5.73 Å². The average molecular weight is 297 g/mol. The van der Waals surface area contributed by atoms with Gasteiger partial charge in [-0.15, -0.1) is 0 Å². The number of nitrogens with zero attached hydrogens (tertiary/aromatic N) is 2. The molecule has 0 saturated heterocycles. The van der Waals surface area contributed by atoms with Crippen LogP contribution < -0.4 is 5.73 Å². The summed E-state index contributed by atoms with van der Waals surface area (Å²) >= 11 is 0.